The number of carboxylic acids is 1. The molecule has 0 saturated carbocycles. The van der Waals surface area contributed by atoms with Gasteiger partial charge in [0.05, 0.1) is 13.2 Å². The molecule has 0 bridgehead atoms. The molecule has 212 valence electrons. The van der Waals surface area contributed by atoms with E-state index in [0.29, 0.717) is 12.8 Å². The Labute approximate surface area is 214 Å². The minimum atomic E-state index is -4.71. The van der Waals surface area contributed by atoms with Gasteiger partial charge in [0.1, 0.15) is 12.7 Å². The van der Waals surface area contributed by atoms with Crippen LogP contribution in [0, 0.1) is 0 Å². The lowest BCUT2D eigenvalue weighted by atomic mass is 10.1. The van der Waals surface area contributed by atoms with Crippen molar-refractivity contribution < 1.29 is 47.8 Å². The Morgan fingerprint density at radius 1 is 0.778 bits per heavy atom. The molecule has 0 aliphatic heterocycles. The second kappa shape index (κ2) is 21.6. The molecule has 12 heteroatoms. The van der Waals surface area contributed by atoms with E-state index in [9.17, 15) is 34.1 Å². The molecular weight excluding hydrogens is 493 g/mol. The van der Waals surface area contributed by atoms with E-state index >= 15 is 0 Å². The van der Waals surface area contributed by atoms with Crippen LogP contribution in [0.4, 0.5) is 0 Å². The number of phosphoric ester groups is 1. The van der Waals surface area contributed by atoms with Crippen molar-refractivity contribution in [3.63, 3.8) is 0 Å². The third-order valence-electron chi connectivity index (χ3n) is 5.40. The maximum Gasteiger partial charge on any atom is 0.472 e. The van der Waals surface area contributed by atoms with Crippen molar-refractivity contribution in [2.24, 2.45) is 0 Å². The second-order valence-electron chi connectivity index (χ2n) is 8.89. The highest BCUT2D eigenvalue weighted by Gasteiger charge is 2.28. The van der Waals surface area contributed by atoms with Gasteiger partial charge in [0, 0.05) is 12.8 Å². The van der Waals surface area contributed by atoms with Gasteiger partial charge in [0.25, 0.3) is 0 Å². The minimum Gasteiger partial charge on any atom is -0.480 e. The van der Waals surface area contributed by atoms with Gasteiger partial charge in [0.15, 0.2) is 6.04 Å². The summed E-state index contributed by atoms with van der Waals surface area (Å²) in [5.41, 5.74) is 0. The number of aliphatic hydroxyl groups is 1. The Kier molecular flexibility index (Phi) is 20.6. The molecule has 0 rings (SSSR count). The van der Waals surface area contributed by atoms with Gasteiger partial charge in [-0.3, -0.25) is 18.6 Å². The molecule has 0 saturated heterocycles. The highest BCUT2D eigenvalue weighted by Crippen LogP contribution is 2.43. The Hall–Kier alpha value is -1.52. The number of carboxylic acid groups (broad SMARTS) is 1. The number of hydrogen-bond donors (Lipinski definition) is 4. The van der Waals surface area contributed by atoms with Crippen molar-refractivity contribution in [3.05, 3.63) is 0 Å². The molecule has 1 amide bonds. The van der Waals surface area contributed by atoms with Gasteiger partial charge in [-0.25, -0.2) is 9.36 Å². The number of amides is 1. The van der Waals surface area contributed by atoms with Crippen LogP contribution in [0.1, 0.15) is 104 Å². The number of nitrogens with one attached hydrogen (secondary N) is 1. The number of hydrogen-bond acceptors (Lipinski definition) is 8. The molecule has 3 atom stereocenters. The number of aliphatic carboxylic acids is 1. The smallest absolute Gasteiger partial charge is 0.472 e. The van der Waals surface area contributed by atoms with E-state index in [2.05, 4.69) is 28.2 Å². The van der Waals surface area contributed by atoms with Gasteiger partial charge in [-0.15, -0.1) is 0 Å². The number of phosphoric acid groups is 1. The molecular formula is C24H46NO10P. The molecule has 0 radical (unpaired) electrons. The van der Waals surface area contributed by atoms with Crippen molar-refractivity contribution in [1.82, 2.24) is 5.32 Å². The Morgan fingerprint density at radius 2 is 1.28 bits per heavy atom. The van der Waals surface area contributed by atoms with Gasteiger partial charge in [-0.05, 0) is 12.8 Å². The van der Waals surface area contributed by atoms with Crippen molar-refractivity contribution in [1.29, 1.82) is 0 Å². The van der Waals surface area contributed by atoms with Crippen molar-refractivity contribution in [2.75, 3.05) is 19.8 Å². The van der Waals surface area contributed by atoms with Gasteiger partial charge in [-0.1, -0.05) is 78.1 Å². The molecule has 11 nitrogen and oxygen atoms in total. The Balaban J connectivity index is 4.17. The highest BCUT2D eigenvalue weighted by molar-refractivity contribution is 7.47. The number of aliphatic hydroxyl groups excluding tert-OH is 1. The molecule has 3 unspecified atom stereocenters. The summed E-state index contributed by atoms with van der Waals surface area (Å²) < 4.78 is 26.2. The lowest BCUT2D eigenvalue weighted by Gasteiger charge is -2.18. The number of unbranched alkanes of at least 4 members (excludes halogenated alkanes) is 10. The summed E-state index contributed by atoms with van der Waals surface area (Å²) in [6, 6.07) is -1.53. The molecule has 0 spiro atoms. The van der Waals surface area contributed by atoms with Gasteiger partial charge >= 0.3 is 19.8 Å². The molecule has 0 aromatic carbocycles. The quantitative estimate of drug-likeness (QED) is 0.0796. The van der Waals surface area contributed by atoms with E-state index in [4.69, 9.17) is 4.74 Å². The number of esters is 1. The largest absolute Gasteiger partial charge is 0.480 e. The molecule has 0 aromatic rings. The number of carbonyl (C=O) groups is 3. The molecule has 36 heavy (non-hydrogen) atoms. The summed E-state index contributed by atoms with van der Waals surface area (Å²) >= 11 is 0. The number of rotatable bonds is 24. The summed E-state index contributed by atoms with van der Waals surface area (Å²) in [5, 5.41) is 21.3. The monoisotopic (exact) mass is 539 g/mol. The molecule has 0 aromatic heterocycles. The molecule has 0 aliphatic carbocycles. The topological polar surface area (TPSA) is 169 Å². The number of carbonyl (C=O) groups excluding carboxylic acids is 2. The summed E-state index contributed by atoms with van der Waals surface area (Å²) in [7, 11) is -4.71. The van der Waals surface area contributed by atoms with Crippen LogP contribution in [0.15, 0.2) is 0 Å². The predicted molar refractivity (Wildman–Crippen MR) is 134 cm³/mol. The zero-order valence-corrected chi connectivity index (χ0v) is 22.7. The SMILES string of the molecule is CCCCCCCCC(=O)NC(COP(=O)(O)OCC(O)COC(=O)CCCCCCCC)C(=O)O. The fraction of sp³-hybridized carbons (Fsp3) is 0.875. The highest BCUT2D eigenvalue weighted by atomic mass is 31.2. The van der Waals surface area contributed by atoms with E-state index in [0.717, 1.165) is 57.8 Å². The predicted octanol–water partition coefficient (Wildman–Crippen LogP) is 4.09. The van der Waals surface area contributed by atoms with E-state index in [1.165, 1.54) is 6.42 Å². The zero-order chi connectivity index (χ0) is 27.2. The van der Waals surface area contributed by atoms with Crippen LogP contribution in [0.25, 0.3) is 0 Å². The first-order valence-corrected chi connectivity index (χ1v) is 14.6. The summed E-state index contributed by atoms with van der Waals surface area (Å²) in [5.74, 6) is -2.40. The number of ether oxygens (including phenoxy) is 1. The lowest BCUT2D eigenvalue weighted by molar-refractivity contribution is -0.147. The van der Waals surface area contributed by atoms with Gasteiger partial charge < -0.3 is 25.2 Å². The average Bonchev–Trinajstić information content (AvgIpc) is 2.83. The Morgan fingerprint density at radius 3 is 1.83 bits per heavy atom. The van der Waals surface area contributed by atoms with Crippen LogP contribution in [0.3, 0.4) is 0 Å². The third kappa shape index (κ3) is 20.7. The molecule has 0 heterocycles. The van der Waals surface area contributed by atoms with Gasteiger partial charge in [-0.2, -0.15) is 0 Å². The van der Waals surface area contributed by atoms with Crippen molar-refractivity contribution in [2.45, 2.75) is 116 Å². The van der Waals surface area contributed by atoms with E-state index in [1.807, 2.05) is 0 Å². The lowest BCUT2D eigenvalue weighted by Crippen LogP contribution is -2.43. The van der Waals surface area contributed by atoms with Crippen molar-refractivity contribution in [3.8, 4) is 0 Å². The maximum absolute atomic E-state index is 12.0. The van der Waals surface area contributed by atoms with Crippen LogP contribution in [-0.4, -0.2) is 64.9 Å². The summed E-state index contributed by atoms with van der Waals surface area (Å²) in [6.45, 7) is 2.35. The van der Waals surface area contributed by atoms with Crippen LogP contribution >= 0.6 is 7.82 Å². The van der Waals surface area contributed by atoms with Crippen molar-refractivity contribution >= 4 is 25.7 Å². The minimum absolute atomic E-state index is 0.146. The maximum atomic E-state index is 12.0. The molecule has 0 fully saturated rings. The normalized spacial score (nSPS) is 14.6. The van der Waals surface area contributed by atoms with Gasteiger partial charge in [0.2, 0.25) is 5.91 Å². The molecule has 4 N–H and O–H groups in total. The Bertz CT molecular complexity index is 661. The van der Waals surface area contributed by atoms with Crippen LogP contribution in [-0.2, 0) is 32.7 Å². The standard InChI is InChI=1S/C24H46NO10P/c1-3-5-7-9-11-13-15-22(27)25-21(24(29)30)19-35-36(31,32)34-18-20(26)17-33-23(28)16-14-12-10-8-6-4-2/h20-21,26H,3-19H2,1-2H3,(H,25,27)(H,29,30)(H,31,32). The fourth-order valence-electron chi connectivity index (χ4n) is 3.25. The molecule has 0 aliphatic rings. The average molecular weight is 540 g/mol. The zero-order valence-electron chi connectivity index (χ0n) is 21.8. The second-order valence-corrected chi connectivity index (χ2v) is 10.3. The first-order chi connectivity index (χ1) is 17.1. The van der Waals surface area contributed by atoms with E-state index in [-0.39, 0.29) is 12.8 Å². The van der Waals surface area contributed by atoms with Crippen LogP contribution < -0.4 is 5.32 Å². The summed E-state index contributed by atoms with van der Waals surface area (Å²) in [6.07, 6.45) is 10.9. The van der Waals surface area contributed by atoms with Crippen LogP contribution in [0.2, 0.25) is 0 Å². The van der Waals surface area contributed by atoms with Crippen LogP contribution in [0.5, 0.6) is 0 Å². The first kappa shape index (κ1) is 34.5. The fourth-order valence-corrected chi connectivity index (χ4v) is 4.02. The summed E-state index contributed by atoms with van der Waals surface area (Å²) in [4.78, 5) is 44.8. The third-order valence-corrected chi connectivity index (χ3v) is 6.35. The van der Waals surface area contributed by atoms with E-state index in [1.54, 1.807) is 0 Å². The first-order valence-electron chi connectivity index (χ1n) is 13.1. The van der Waals surface area contributed by atoms with E-state index < -0.39 is 57.6 Å².